The average Bonchev–Trinajstić information content (AvgIpc) is 2.55. The summed E-state index contributed by atoms with van der Waals surface area (Å²) in [5.74, 6) is 0.314. The van der Waals surface area contributed by atoms with Crippen molar-refractivity contribution >= 4 is 21.6 Å². The fourth-order valence-electron chi connectivity index (χ4n) is 2.24. The van der Waals surface area contributed by atoms with Crippen LogP contribution in [0.4, 0.5) is 5.69 Å². The minimum atomic E-state index is -0.396. The van der Waals surface area contributed by atoms with Gasteiger partial charge in [0.25, 0.3) is 0 Å². The van der Waals surface area contributed by atoms with Gasteiger partial charge in [-0.3, -0.25) is 14.8 Å². The van der Waals surface area contributed by atoms with Crippen LogP contribution in [-0.2, 0) is 4.74 Å². The van der Waals surface area contributed by atoms with E-state index >= 15 is 0 Å². The molecule has 2 unspecified atom stereocenters. The molecule has 0 N–H and O–H groups in total. The Bertz CT molecular complexity index is 446. The minimum absolute atomic E-state index is 0.0590. The Kier molecular flexibility index (Phi) is 3.48. The maximum absolute atomic E-state index is 10.9. The number of hydrogen-bond donors (Lipinski definition) is 0. The third-order valence-electron chi connectivity index (χ3n) is 3.17. The van der Waals surface area contributed by atoms with Crippen LogP contribution in [0.1, 0.15) is 25.1 Å². The van der Waals surface area contributed by atoms with Crippen LogP contribution in [0.5, 0.6) is 0 Å². The molecule has 2 atom stereocenters. The van der Waals surface area contributed by atoms with Crippen molar-refractivity contribution in [1.29, 1.82) is 0 Å². The molecule has 1 aliphatic rings. The molecule has 1 aliphatic heterocycles. The van der Waals surface area contributed by atoms with E-state index in [-0.39, 0.29) is 11.7 Å². The number of nitro groups is 1. The molecule has 0 aliphatic carbocycles. The van der Waals surface area contributed by atoms with Crippen molar-refractivity contribution in [2.45, 2.75) is 26.3 Å². The lowest BCUT2D eigenvalue weighted by Gasteiger charge is -2.29. The lowest BCUT2D eigenvalue weighted by atomic mass is 9.98. The summed E-state index contributed by atoms with van der Waals surface area (Å²) in [6.45, 7) is 5.16. The van der Waals surface area contributed by atoms with Crippen molar-refractivity contribution in [3.8, 4) is 0 Å². The zero-order valence-corrected chi connectivity index (χ0v) is 11.3. The topological polar surface area (TPSA) is 70.2 Å². The van der Waals surface area contributed by atoms with Gasteiger partial charge in [-0.05, 0) is 29.3 Å². The molecule has 1 saturated heterocycles. The Labute approximate surface area is 107 Å². The summed E-state index contributed by atoms with van der Waals surface area (Å²) in [4.78, 5) is 10.5. The van der Waals surface area contributed by atoms with Gasteiger partial charge in [-0.1, -0.05) is 6.92 Å². The van der Waals surface area contributed by atoms with E-state index in [4.69, 9.17) is 4.74 Å². The van der Waals surface area contributed by atoms with Gasteiger partial charge in [0.1, 0.15) is 5.69 Å². The van der Waals surface area contributed by atoms with Gasteiger partial charge in [0, 0.05) is 12.5 Å². The molecule has 1 aromatic rings. The van der Waals surface area contributed by atoms with Gasteiger partial charge in [-0.2, -0.15) is 5.10 Å². The molecule has 7 heteroatoms. The summed E-state index contributed by atoms with van der Waals surface area (Å²) in [7, 11) is 0. The third-order valence-corrected chi connectivity index (χ3v) is 3.70. The molecule has 0 radical (unpaired) electrons. The quantitative estimate of drug-likeness (QED) is 0.621. The lowest BCUT2D eigenvalue weighted by molar-refractivity contribution is -0.386. The Morgan fingerprint density at radius 3 is 2.88 bits per heavy atom. The molecule has 6 nitrogen and oxygen atoms in total. The number of nitrogens with zero attached hydrogens (tertiary/aromatic N) is 3. The van der Waals surface area contributed by atoms with Crippen LogP contribution in [0.2, 0.25) is 0 Å². The first-order valence-electron chi connectivity index (χ1n) is 5.49. The smallest absolute Gasteiger partial charge is 0.324 e. The average molecular weight is 304 g/mol. The number of rotatable bonds is 2. The van der Waals surface area contributed by atoms with Crippen molar-refractivity contribution in [2.24, 2.45) is 5.92 Å². The van der Waals surface area contributed by atoms with Crippen LogP contribution in [0.25, 0.3) is 0 Å². The first-order valence-corrected chi connectivity index (χ1v) is 6.28. The monoisotopic (exact) mass is 303 g/mol. The molecule has 17 heavy (non-hydrogen) atoms. The highest BCUT2D eigenvalue weighted by Gasteiger charge is 2.31. The Morgan fingerprint density at radius 1 is 1.65 bits per heavy atom. The van der Waals surface area contributed by atoms with E-state index in [1.807, 2.05) is 0 Å². The van der Waals surface area contributed by atoms with E-state index in [0.717, 1.165) is 6.42 Å². The molecule has 0 spiro atoms. The predicted molar refractivity (Wildman–Crippen MR) is 65.0 cm³/mol. The second-order valence-corrected chi connectivity index (χ2v) is 5.09. The fraction of sp³-hybridized carbons (Fsp3) is 0.700. The largest absolute Gasteiger partial charge is 0.381 e. The summed E-state index contributed by atoms with van der Waals surface area (Å²) >= 11 is 3.15. The van der Waals surface area contributed by atoms with E-state index in [9.17, 15) is 10.1 Å². The van der Waals surface area contributed by atoms with Crippen LogP contribution >= 0.6 is 15.9 Å². The van der Waals surface area contributed by atoms with Gasteiger partial charge < -0.3 is 4.74 Å². The number of halogens is 1. The normalized spacial score (nSPS) is 24.9. The summed E-state index contributed by atoms with van der Waals surface area (Å²) in [5, 5.41) is 15.2. The Hall–Kier alpha value is -0.950. The van der Waals surface area contributed by atoms with Gasteiger partial charge in [-0.15, -0.1) is 0 Å². The molecule has 1 aromatic heterocycles. The Morgan fingerprint density at radius 2 is 2.35 bits per heavy atom. The third kappa shape index (κ3) is 2.21. The van der Waals surface area contributed by atoms with Crippen LogP contribution in [0.15, 0.2) is 4.60 Å². The highest BCUT2D eigenvalue weighted by Crippen LogP contribution is 2.34. The molecule has 0 amide bonds. The summed E-state index contributed by atoms with van der Waals surface area (Å²) in [6, 6.07) is 0.175. The fourth-order valence-corrected chi connectivity index (χ4v) is 2.84. The molecular weight excluding hydrogens is 290 g/mol. The second-order valence-electron chi connectivity index (χ2n) is 4.33. The van der Waals surface area contributed by atoms with E-state index in [1.54, 1.807) is 11.6 Å². The van der Waals surface area contributed by atoms with Gasteiger partial charge in [0.05, 0.1) is 17.6 Å². The molecule has 0 saturated carbocycles. The maximum atomic E-state index is 10.9. The van der Waals surface area contributed by atoms with Gasteiger partial charge in [0.15, 0.2) is 0 Å². The molecule has 0 bridgehead atoms. The van der Waals surface area contributed by atoms with Crippen LogP contribution < -0.4 is 0 Å². The predicted octanol–water partition coefficient (Wildman–Crippen LogP) is 2.46. The molecule has 2 rings (SSSR count). The number of ether oxygens (including phenoxy) is 1. The van der Waals surface area contributed by atoms with Crippen molar-refractivity contribution in [3.63, 3.8) is 0 Å². The summed E-state index contributed by atoms with van der Waals surface area (Å²) in [5.41, 5.74) is 0.657. The summed E-state index contributed by atoms with van der Waals surface area (Å²) < 4.78 is 7.43. The van der Waals surface area contributed by atoms with E-state index in [0.29, 0.717) is 29.4 Å². The molecule has 94 valence electrons. The van der Waals surface area contributed by atoms with E-state index in [2.05, 4.69) is 28.0 Å². The van der Waals surface area contributed by atoms with Crippen LogP contribution in [0.3, 0.4) is 0 Å². The first-order chi connectivity index (χ1) is 8.02. The standard InChI is InChI=1S/C10H14BrN3O3/c1-6-5-17-4-3-8(6)13-7(2)9(14(15)16)10(11)12-13/h6,8H,3-5H2,1-2H3. The number of aromatic nitrogens is 2. The van der Waals surface area contributed by atoms with Crippen molar-refractivity contribution in [2.75, 3.05) is 13.2 Å². The number of hydrogen-bond acceptors (Lipinski definition) is 4. The van der Waals surface area contributed by atoms with Crippen molar-refractivity contribution in [3.05, 3.63) is 20.4 Å². The summed E-state index contributed by atoms with van der Waals surface area (Å²) in [6.07, 6.45) is 0.841. The molecule has 2 heterocycles. The molecule has 0 aromatic carbocycles. The zero-order valence-electron chi connectivity index (χ0n) is 9.72. The zero-order chi connectivity index (χ0) is 12.6. The van der Waals surface area contributed by atoms with Crippen LogP contribution in [-0.4, -0.2) is 27.9 Å². The van der Waals surface area contributed by atoms with E-state index in [1.165, 1.54) is 0 Å². The van der Waals surface area contributed by atoms with Gasteiger partial charge >= 0.3 is 5.69 Å². The molecule has 1 fully saturated rings. The first kappa shape index (κ1) is 12.5. The highest BCUT2D eigenvalue weighted by molar-refractivity contribution is 9.10. The van der Waals surface area contributed by atoms with Crippen molar-refractivity contribution in [1.82, 2.24) is 9.78 Å². The van der Waals surface area contributed by atoms with Gasteiger partial charge in [0.2, 0.25) is 4.60 Å². The van der Waals surface area contributed by atoms with E-state index < -0.39 is 4.92 Å². The van der Waals surface area contributed by atoms with Gasteiger partial charge in [-0.25, -0.2) is 0 Å². The molecular formula is C10H14BrN3O3. The Balaban J connectivity index is 2.39. The highest BCUT2D eigenvalue weighted by atomic mass is 79.9. The van der Waals surface area contributed by atoms with Crippen molar-refractivity contribution < 1.29 is 9.66 Å². The van der Waals surface area contributed by atoms with Crippen LogP contribution in [0, 0.1) is 23.0 Å². The lowest BCUT2D eigenvalue weighted by Crippen LogP contribution is -2.29. The minimum Gasteiger partial charge on any atom is -0.381 e. The SMILES string of the molecule is Cc1c([N+](=O)[O-])c(Br)nn1C1CCOCC1C. The second kappa shape index (κ2) is 4.73. The maximum Gasteiger partial charge on any atom is 0.324 e.